The van der Waals surface area contributed by atoms with Crippen molar-refractivity contribution in [1.82, 2.24) is 4.31 Å². The molecule has 2 atom stereocenters. The fourth-order valence-corrected chi connectivity index (χ4v) is 5.38. The van der Waals surface area contributed by atoms with E-state index in [0.717, 1.165) is 0 Å². The lowest BCUT2D eigenvalue weighted by molar-refractivity contribution is -0.384. The van der Waals surface area contributed by atoms with Crippen LogP contribution in [0.2, 0.25) is 5.02 Å². The number of non-ortho nitro benzene ring substituents is 1. The molecule has 0 N–H and O–H groups in total. The van der Waals surface area contributed by atoms with Crippen LogP contribution in [-0.2, 0) is 26.1 Å². The molecule has 11 heteroatoms. The average molecular weight is 469 g/mol. The van der Waals surface area contributed by atoms with Crippen molar-refractivity contribution in [2.75, 3.05) is 13.1 Å². The van der Waals surface area contributed by atoms with Gasteiger partial charge in [0.1, 0.15) is 11.5 Å². The summed E-state index contributed by atoms with van der Waals surface area (Å²) in [7, 11) is -3.96. The van der Waals surface area contributed by atoms with Crippen molar-refractivity contribution in [1.29, 1.82) is 0 Å². The monoisotopic (exact) mass is 468 g/mol. The summed E-state index contributed by atoms with van der Waals surface area (Å²) in [4.78, 5) is 22.6. The Hall–Kier alpha value is -2.53. The lowest BCUT2D eigenvalue weighted by Crippen LogP contribution is -2.48. The highest BCUT2D eigenvalue weighted by Crippen LogP contribution is 2.28. The first-order valence-electron chi connectivity index (χ1n) is 9.43. The van der Waals surface area contributed by atoms with E-state index in [9.17, 15) is 23.3 Å². The van der Waals surface area contributed by atoms with E-state index in [-0.39, 0.29) is 53.1 Å². The number of rotatable bonds is 6. The van der Waals surface area contributed by atoms with Crippen LogP contribution in [-0.4, -0.2) is 48.9 Å². The van der Waals surface area contributed by atoms with Crippen molar-refractivity contribution in [3.8, 4) is 0 Å². The number of hydrogen-bond donors (Lipinski definition) is 0. The number of carbonyl (C=O) groups excluding carboxylic acids is 1. The summed E-state index contributed by atoms with van der Waals surface area (Å²) in [5.74, 6) is -0.775. The second kappa shape index (κ2) is 9.31. The number of hydrogen-bond acceptors (Lipinski definition) is 7. The Labute approximate surface area is 184 Å². The summed E-state index contributed by atoms with van der Waals surface area (Å²) in [6, 6.07) is 9.56. The molecule has 1 heterocycles. The van der Waals surface area contributed by atoms with Crippen molar-refractivity contribution >= 4 is 33.3 Å². The number of nitro benzene ring substituents is 1. The third-order valence-corrected chi connectivity index (χ3v) is 6.98. The third-order valence-electron chi connectivity index (χ3n) is 4.66. The molecule has 0 amide bonds. The maximum atomic E-state index is 13.1. The van der Waals surface area contributed by atoms with E-state index in [2.05, 4.69) is 0 Å². The second-order valence-corrected chi connectivity index (χ2v) is 9.54. The quantitative estimate of drug-likeness (QED) is 0.362. The summed E-state index contributed by atoms with van der Waals surface area (Å²) < 4.78 is 38.3. The van der Waals surface area contributed by atoms with Gasteiger partial charge in [-0.2, -0.15) is 4.31 Å². The lowest BCUT2D eigenvalue weighted by Gasteiger charge is -2.34. The summed E-state index contributed by atoms with van der Waals surface area (Å²) in [5.41, 5.74) is 0.311. The van der Waals surface area contributed by atoms with Gasteiger partial charge >= 0.3 is 5.97 Å². The van der Waals surface area contributed by atoms with Crippen LogP contribution in [0.1, 0.15) is 29.8 Å². The Kier molecular flexibility index (Phi) is 6.95. The van der Waals surface area contributed by atoms with Gasteiger partial charge in [-0.1, -0.05) is 23.7 Å². The lowest BCUT2D eigenvalue weighted by atomic mass is 10.2. The number of morpholine rings is 1. The predicted octanol–water partition coefficient (Wildman–Crippen LogP) is 3.40. The molecule has 0 bridgehead atoms. The van der Waals surface area contributed by atoms with Gasteiger partial charge < -0.3 is 9.47 Å². The number of nitro groups is 1. The molecule has 1 aliphatic heterocycles. The van der Waals surface area contributed by atoms with Crippen molar-refractivity contribution in [2.45, 2.75) is 37.6 Å². The molecule has 3 rings (SSSR count). The minimum atomic E-state index is -3.96. The smallest absolute Gasteiger partial charge is 0.338 e. The molecule has 0 saturated carbocycles. The highest BCUT2D eigenvalue weighted by molar-refractivity contribution is 7.89. The molecule has 1 aliphatic rings. The number of halogens is 1. The Balaban J connectivity index is 1.79. The summed E-state index contributed by atoms with van der Waals surface area (Å²) in [6.07, 6.45) is -0.555. The third kappa shape index (κ3) is 5.40. The van der Waals surface area contributed by atoms with Crippen LogP contribution in [0.5, 0.6) is 0 Å². The molecular formula is C20H21ClN2O7S. The molecule has 0 radical (unpaired) electrons. The van der Waals surface area contributed by atoms with E-state index in [1.54, 1.807) is 19.9 Å². The number of sulfonamides is 1. The van der Waals surface area contributed by atoms with Gasteiger partial charge in [0.25, 0.3) is 5.69 Å². The summed E-state index contributed by atoms with van der Waals surface area (Å²) in [6.45, 7) is 3.70. The summed E-state index contributed by atoms with van der Waals surface area (Å²) in [5, 5.41) is 10.9. The second-order valence-electron chi connectivity index (χ2n) is 7.23. The zero-order valence-corrected chi connectivity index (χ0v) is 18.4. The van der Waals surface area contributed by atoms with Gasteiger partial charge in [0.05, 0.1) is 27.7 Å². The first-order valence-corrected chi connectivity index (χ1v) is 11.3. The van der Waals surface area contributed by atoms with Gasteiger partial charge in [-0.05, 0) is 37.6 Å². The van der Waals surface area contributed by atoms with Crippen molar-refractivity contribution in [2.24, 2.45) is 0 Å². The van der Waals surface area contributed by atoms with Crippen molar-refractivity contribution in [3.05, 3.63) is 68.7 Å². The van der Waals surface area contributed by atoms with Gasteiger partial charge in [0, 0.05) is 25.2 Å². The largest absolute Gasteiger partial charge is 0.457 e. The van der Waals surface area contributed by atoms with E-state index in [1.807, 2.05) is 0 Å². The van der Waals surface area contributed by atoms with Gasteiger partial charge in [0.15, 0.2) is 0 Å². The first-order chi connectivity index (χ1) is 14.6. The average Bonchev–Trinajstić information content (AvgIpc) is 2.71. The topological polar surface area (TPSA) is 116 Å². The molecule has 0 aliphatic carbocycles. The van der Waals surface area contributed by atoms with Crippen molar-refractivity contribution in [3.63, 3.8) is 0 Å². The number of benzene rings is 2. The van der Waals surface area contributed by atoms with E-state index in [4.69, 9.17) is 21.1 Å². The molecule has 2 aromatic carbocycles. The van der Waals surface area contributed by atoms with Gasteiger partial charge in [-0.3, -0.25) is 10.1 Å². The standard InChI is InChI=1S/C20H21ClN2O7S/c1-13-10-22(11-14(2)30-13)31(27,28)19-9-16(6-7-18(19)21)20(24)29-12-15-4-3-5-17(8-15)23(25)26/h3-9,13-14H,10-12H2,1-2H3/t13-,14-/m1/s1. The molecule has 166 valence electrons. The first kappa shape index (κ1) is 23.1. The van der Waals surface area contributed by atoms with Crippen molar-refractivity contribution < 1.29 is 27.6 Å². The Morgan fingerprint density at radius 3 is 2.55 bits per heavy atom. The number of ether oxygens (including phenoxy) is 2. The van der Waals surface area contributed by atoms with E-state index >= 15 is 0 Å². The zero-order chi connectivity index (χ0) is 22.8. The number of carbonyl (C=O) groups is 1. The summed E-state index contributed by atoms with van der Waals surface area (Å²) >= 11 is 6.14. The normalized spacial score (nSPS) is 19.7. The Morgan fingerprint density at radius 1 is 1.23 bits per heavy atom. The van der Waals surface area contributed by atoms with Crippen LogP contribution >= 0.6 is 11.6 Å². The number of nitrogens with zero attached hydrogens (tertiary/aromatic N) is 2. The molecule has 1 saturated heterocycles. The predicted molar refractivity (Wildman–Crippen MR) is 112 cm³/mol. The fraction of sp³-hybridized carbons (Fsp3) is 0.350. The Bertz CT molecular complexity index is 1100. The molecule has 9 nitrogen and oxygen atoms in total. The molecular weight excluding hydrogens is 448 g/mol. The molecule has 0 aromatic heterocycles. The maximum absolute atomic E-state index is 13.1. The van der Waals surface area contributed by atoms with Crippen LogP contribution < -0.4 is 0 Å². The van der Waals surface area contributed by atoms with Crippen LogP contribution in [0, 0.1) is 10.1 Å². The van der Waals surface area contributed by atoms with E-state index < -0.39 is 20.9 Å². The van der Waals surface area contributed by atoms with Gasteiger partial charge in [-0.25, -0.2) is 13.2 Å². The molecule has 31 heavy (non-hydrogen) atoms. The van der Waals surface area contributed by atoms with E-state index in [1.165, 1.54) is 40.7 Å². The van der Waals surface area contributed by atoms with Crippen LogP contribution in [0.4, 0.5) is 5.69 Å². The highest BCUT2D eigenvalue weighted by atomic mass is 35.5. The van der Waals surface area contributed by atoms with Gasteiger partial charge in [0.2, 0.25) is 10.0 Å². The van der Waals surface area contributed by atoms with E-state index in [0.29, 0.717) is 5.56 Å². The van der Waals surface area contributed by atoms with Crippen LogP contribution in [0.15, 0.2) is 47.4 Å². The zero-order valence-electron chi connectivity index (χ0n) is 16.9. The molecule has 0 unspecified atom stereocenters. The molecule has 0 spiro atoms. The molecule has 2 aromatic rings. The minimum Gasteiger partial charge on any atom is -0.457 e. The fourth-order valence-electron chi connectivity index (χ4n) is 3.29. The minimum absolute atomic E-state index is 0.00256. The van der Waals surface area contributed by atoms with Crippen LogP contribution in [0.25, 0.3) is 0 Å². The van der Waals surface area contributed by atoms with Gasteiger partial charge in [-0.15, -0.1) is 0 Å². The van der Waals surface area contributed by atoms with Crippen LogP contribution in [0.3, 0.4) is 0 Å². The Morgan fingerprint density at radius 2 is 1.90 bits per heavy atom. The SMILES string of the molecule is C[C@@H]1CN(S(=O)(=O)c2cc(C(=O)OCc3cccc([N+](=O)[O-])c3)ccc2Cl)C[C@@H](C)O1. The molecule has 1 fully saturated rings. The number of esters is 1. The highest BCUT2D eigenvalue weighted by Gasteiger charge is 2.34. The maximum Gasteiger partial charge on any atom is 0.338 e.